The molecule has 1 amide bonds. The number of H-pyrrole nitrogens is 1. The molecule has 5 rings (SSSR count). The van der Waals surface area contributed by atoms with Crippen molar-refractivity contribution in [1.29, 1.82) is 0 Å². The van der Waals surface area contributed by atoms with E-state index in [1.54, 1.807) is 13.1 Å². The Bertz CT molecular complexity index is 1230. The molecule has 0 bridgehead atoms. The number of likely N-dealkylation sites (N-methyl/N-ethyl adjacent to an activating group) is 2. The van der Waals surface area contributed by atoms with Gasteiger partial charge in [-0.1, -0.05) is 24.4 Å². The van der Waals surface area contributed by atoms with Crippen LogP contribution >= 0.6 is 35.3 Å². The average Bonchev–Trinajstić information content (AvgIpc) is 3.42. The van der Waals surface area contributed by atoms with E-state index in [4.69, 9.17) is 11.6 Å². The predicted molar refractivity (Wildman–Crippen MR) is 139 cm³/mol. The highest BCUT2D eigenvalue weighted by molar-refractivity contribution is 7.13. The standard InChI is InChI=1S/C24H28ClN5O2S.ClH/c1-26-24(21(31)18-12-14-11-15(25)6-7-16(14)27-18)9-4-3-5-20(24)29-22(32)23-28-17-8-10-30(2)13-19(17)33-23;/h6-7,11-12,20,26-27H,3-5,8-10,13H2,1-2H3,(H,29,32);1H. The molecule has 1 fully saturated rings. The Hall–Kier alpha value is -1.97. The zero-order chi connectivity index (χ0) is 23.2. The molecule has 0 radical (unpaired) electrons. The van der Waals surface area contributed by atoms with E-state index in [0.29, 0.717) is 22.1 Å². The fraction of sp³-hybridized carbons (Fsp3) is 0.458. The van der Waals surface area contributed by atoms with Crippen LogP contribution in [0.2, 0.25) is 5.02 Å². The molecule has 1 saturated carbocycles. The van der Waals surface area contributed by atoms with Gasteiger partial charge in [0, 0.05) is 40.3 Å². The topological polar surface area (TPSA) is 90.1 Å². The zero-order valence-electron chi connectivity index (χ0n) is 19.2. The van der Waals surface area contributed by atoms with Gasteiger partial charge in [-0.3, -0.25) is 9.59 Å². The van der Waals surface area contributed by atoms with E-state index >= 15 is 0 Å². The number of nitrogens with one attached hydrogen (secondary N) is 3. The summed E-state index contributed by atoms with van der Waals surface area (Å²) in [5.74, 6) is -0.234. The lowest BCUT2D eigenvalue weighted by atomic mass is 9.73. The van der Waals surface area contributed by atoms with Gasteiger partial charge in [-0.2, -0.15) is 0 Å². The van der Waals surface area contributed by atoms with Gasteiger partial charge in [-0.05, 0) is 51.2 Å². The summed E-state index contributed by atoms with van der Waals surface area (Å²) in [7, 11) is 3.88. The molecule has 2 atom stereocenters. The van der Waals surface area contributed by atoms with Gasteiger partial charge in [0.15, 0.2) is 5.01 Å². The molecule has 1 aliphatic carbocycles. The largest absolute Gasteiger partial charge is 0.352 e. The van der Waals surface area contributed by atoms with E-state index in [1.807, 2.05) is 18.2 Å². The van der Waals surface area contributed by atoms with Crippen molar-refractivity contribution in [2.24, 2.45) is 0 Å². The number of amides is 1. The second kappa shape index (κ2) is 9.95. The highest BCUT2D eigenvalue weighted by Crippen LogP contribution is 2.33. The van der Waals surface area contributed by atoms with Crippen molar-refractivity contribution in [3.8, 4) is 0 Å². The number of fused-ring (bicyclic) bond motifs is 2. The normalized spacial score (nSPS) is 22.7. The van der Waals surface area contributed by atoms with Gasteiger partial charge in [0.2, 0.25) is 5.78 Å². The Morgan fingerprint density at radius 2 is 2.12 bits per heavy atom. The van der Waals surface area contributed by atoms with Crippen LogP contribution in [0.1, 0.15) is 56.5 Å². The van der Waals surface area contributed by atoms with E-state index in [2.05, 4.69) is 32.5 Å². The monoisotopic (exact) mass is 521 g/mol. The third-order valence-electron chi connectivity index (χ3n) is 7.01. The summed E-state index contributed by atoms with van der Waals surface area (Å²) >= 11 is 7.59. The summed E-state index contributed by atoms with van der Waals surface area (Å²) in [5, 5.41) is 8.48. The number of ketones is 1. The smallest absolute Gasteiger partial charge is 0.280 e. The van der Waals surface area contributed by atoms with Gasteiger partial charge in [0.05, 0.1) is 17.4 Å². The fourth-order valence-corrected chi connectivity index (χ4v) is 6.43. The molecule has 182 valence electrons. The molecule has 3 aromatic rings. The molecule has 2 aromatic heterocycles. The molecular weight excluding hydrogens is 493 g/mol. The Labute approximate surface area is 214 Å². The maximum Gasteiger partial charge on any atom is 0.280 e. The van der Waals surface area contributed by atoms with Crippen LogP contribution < -0.4 is 10.6 Å². The minimum Gasteiger partial charge on any atom is -0.352 e. The second-order valence-corrected chi connectivity index (χ2v) is 10.6. The number of benzene rings is 1. The summed E-state index contributed by atoms with van der Waals surface area (Å²) in [5.41, 5.74) is 1.54. The van der Waals surface area contributed by atoms with Crippen LogP contribution in [-0.2, 0) is 13.0 Å². The highest BCUT2D eigenvalue weighted by atomic mass is 35.5. The summed E-state index contributed by atoms with van der Waals surface area (Å²) in [6.07, 6.45) is 4.13. The third kappa shape index (κ3) is 4.50. The number of hydrogen-bond acceptors (Lipinski definition) is 6. The number of Topliss-reactive ketones (excluding diaryl/α,β-unsaturated/α-hetero) is 1. The SMILES string of the molecule is CNC1(C(=O)c2cc3cc(Cl)ccc3[nH]2)CCCCC1NC(=O)c1nc2c(s1)CN(C)CC2.Cl. The lowest BCUT2D eigenvalue weighted by Gasteiger charge is -2.42. The first-order valence-corrected chi connectivity index (χ1v) is 12.6. The van der Waals surface area contributed by atoms with Gasteiger partial charge in [0.25, 0.3) is 5.91 Å². The average molecular weight is 523 g/mol. The van der Waals surface area contributed by atoms with Crippen LogP contribution in [-0.4, -0.2) is 58.8 Å². The molecule has 3 heterocycles. The van der Waals surface area contributed by atoms with Crippen molar-refractivity contribution in [2.45, 2.75) is 50.2 Å². The zero-order valence-corrected chi connectivity index (χ0v) is 21.6. The van der Waals surface area contributed by atoms with Gasteiger partial charge < -0.3 is 20.5 Å². The van der Waals surface area contributed by atoms with E-state index in [-0.39, 0.29) is 30.1 Å². The Morgan fingerprint density at radius 3 is 2.91 bits per heavy atom. The third-order valence-corrected chi connectivity index (χ3v) is 8.33. The molecule has 0 spiro atoms. The first-order valence-electron chi connectivity index (χ1n) is 11.4. The number of carbonyl (C=O) groups is 2. The molecule has 1 aliphatic heterocycles. The Balaban J connectivity index is 0.00000274. The molecule has 0 saturated heterocycles. The van der Waals surface area contributed by atoms with Crippen molar-refractivity contribution in [3.05, 3.63) is 50.6 Å². The predicted octanol–water partition coefficient (Wildman–Crippen LogP) is 4.20. The van der Waals surface area contributed by atoms with Crippen molar-refractivity contribution >= 4 is 57.9 Å². The van der Waals surface area contributed by atoms with Crippen LogP contribution in [0.4, 0.5) is 0 Å². The molecule has 34 heavy (non-hydrogen) atoms. The van der Waals surface area contributed by atoms with Crippen molar-refractivity contribution < 1.29 is 9.59 Å². The van der Waals surface area contributed by atoms with E-state index in [1.165, 1.54) is 11.3 Å². The van der Waals surface area contributed by atoms with Gasteiger partial charge >= 0.3 is 0 Å². The van der Waals surface area contributed by atoms with Gasteiger partial charge in [-0.25, -0.2) is 4.98 Å². The number of rotatable bonds is 5. The number of aromatic amines is 1. The molecule has 1 aromatic carbocycles. The molecular formula is C24H29Cl2N5O2S. The number of hydrogen-bond donors (Lipinski definition) is 3. The van der Waals surface area contributed by atoms with E-state index in [9.17, 15) is 9.59 Å². The number of thiazole rings is 1. The van der Waals surface area contributed by atoms with Crippen molar-refractivity contribution in [1.82, 2.24) is 25.5 Å². The Kier molecular flexibility index (Phi) is 7.36. The van der Waals surface area contributed by atoms with E-state index in [0.717, 1.165) is 60.2 Å². The highest BCUT2D eigenvalue weighted by Gasteiger charge is 2.47. The first-order chi connectivity index (χ1) is 15.9. The summed E-state index contributed by atoms with van der Waals surface area (Å²) in [4.78, 5) is 38.3. The number of aromatic nitrogens is 2. The second-order valence-electron chi connectivity index (χ2n) is 9.11. The lowest BCUT2D eigenvalue weighted by molar-refractivity contribution is 0.0703. The van der Waals surface area contributed by atoms with Crippen LogP contribution in [0.3, 0.4) is 0 Å². The maximum atomic E-state index is 13.8. The summed E-state index contributed by atoms with van der Waals surface area (Å²) < 4.78 is 0. The molecule has 3 N–H and O–H groups in total. The maximum absolute atomic E-state index is 13.8. The molecule has 7 nitrogen and oxygen atoms in total. The quantitative estimate of drug-likeness (QED) is 0.437. The van der Waals surface area contributed by atoms with Crippen LogP contribution in [0, 0.1) is 0 Å². The number of halogens is 2. The Morgan fingerprint density at radius 1 is 1.29 bits per heavy atom. The number of carbonyl (C=O) groups excluding carboxylic acids is 2. The minimum atomic E-state index is -0.879. The summed E-state index contributed by atoms with van der Waals surface area (Å²) in [6, 6.07) is 7.05. The van der Waals surface area contributed by atoms with Crippen molar-refractivity contribution in [3.63, 3.8) is 0 Å². The van der Waals surface area contributed by atoms with Crippen LogP contribution in [0.25, 0.3) is 10.9 Å². The van der Waals surface area contributed by atoms with Crippen LogP contribution in [0.5, 0.6) is 0 Å². The molecule has 10 heteroatoms. The summed E-state index contributed by atoms with van der Waals surface area (Å²) in [6.45, 7) is 1.78. The van der Waals surface area contributed by atoms with Crippen molar-refractivity contribution in [2.75, 3.05) is 20.6 Å². The van der Waals surface area contributed by atoms with Gasteiger partial charge in [0.1, 0.15) is 5.54 Å². The minimum absolute atomic E-state index is 0. The fourth-order valence-electron chi connectivity index (χ4n) is 5.16. The first kappa shape index (κ1) is 25.1. The van der Waals surface area contributed by atoms with E-state index < -0.39 is 5.54 Å². The lowest BCUT2D eigenvalue weighted by Crippen LogP contribution is -2.65. The molecule has 2 unspecified atom stereocenters. The molecule has 2 aliphatic rings. The van der Waals surface area contributed by atoms with Crippen LogP contribution in [0.15, 0.2) is 24.3 Å². The number of nitrogens with zero attached hydrogens (tertiary/aromatic N) is 2. The van der Waals surface area contributed by atoms with Gasteiger partial charge in [-0.15, -0.1) is 23.7 Å².